The molecular weight excluding hydrogens is 867 g/mol. The van der Waals surface area contributed by atoms with Gasteiger partial charge in [-0.15, -0.1) is 11.3 Å². The van der Waals surface area contributed by atoms with Gasteiger partial charge in [0, 0.05) is 60.0 Å². The molecule has 15 rings (SSSR count). The number of thiophene rings is 1. The van der Waals surface area contributed by atoms with Crippen LogP contribution in [-0.4, -0.2) is 0 Å². The molecule has 0 fully saturated rings. The van der Waals surface area contributed by atoms with E-state index in [1.165, 1.54) is 97.0 Å². The van der Waals surface area contributed by atoms with E-state index >= 15 is 0 Å². The molecule has 0 amide bonds. The summed E-state index contributed by atoms with van der Waals surface area (Å²) >= 11 is 1.88. The molecule has 13 aromatic rings. The molecule has 1 aromatic heterocycles. The first kappa shape index (κ1) is 39.3. The van der Waals surface area contributed by atoms with Crippen molar-refractivity contribution in [2.75, 3.05) is 4.90 Å². The van der Waals surface area contributed by atoms with E-state index in [0.717, 1.165) is 39.7 Å². The largest absolute Gasteiger partial charge is 0.457 e. The summed E-state index contributed by atoms with van der Waals surface area (Å²) in [5.41, 5.74) is 14.8. The number of anilines is 3. The van der Waals surface area contributed by atoms with Crippen molar-refractivity contribution in [3.8, 4) is 44.9 Å². The maximum Gasteiger partial charge on any atom is 0.134 e. The third-order valence-electron chi connectivity index (χ3n) is 15.1. The van der Waals surface area contributed by atoms with Gasteiger partial charge >= 0.3 is 0 Å². The van der Waals surface area contributed by atoms with Gasteiger partial charge in [-0.2, -0.15) is 0 Å². The predicted octanol–water partition coefficient (Wildman–Crippen LogP) is 18.8. The van der Waals surface area contributed by atoms with Gasteiger partial charge < -0.3 is 9.64 Å². The molecule has 326 valence electrons. The van der Waals surface area contributed by atoms with Crippen LogP contribution in [0.4, 0.5) is 17.1 Å². The fourth-order valence-electron chi connectivity index (χ4n) is 12.0. The van der Waals surface area contributed by atoms with Crippen LogP contribution in [0.1, 0.15) is 22.3 Å². The van der Waals surface area contributed by atoms with Crippen molar-refractivity contribution < 1.29 is 4.74 Å². The molecule has 2 nitrogen and oxygen atoms in total. The zero-order valence-corrected chi connectivity index (χ0v) is 38.8. The van der Waals surface area contributed by atoms with Crippen LogP contribution in [0.5, 0.6) is 11.5 Å². The lowest BCUT2D eigenvalue weighted by Crippen LogP contribution is -2.32. The highest BCUT2D eigenvalue weighted by Crippen LogP contribution is 2.62. The zero-order chi connectivity index (χ0) is 45.9. The topological polar surface area (TPSA) is 12.5 Å². The minimum Gasteiger partial charge on any atom is -0.457 e. The van der Waals surface area contributed by atoms with E-state index in [1.807, 2.05) is 11.3 Å². The maximum atomic E-state index is 7.13. The van der Waals surface area contributed by atoms with Gasteiger partial charge in [0.05, 0.1) is 5.41 Å². The summed E-state index contributed by atoms with van der Waals surface area (Å²) in [7, 11) is 0. The second-order valence-corrected chi connectivity index (χ2v) is 19.8. The Labute approximate surface area is 409 Å². The van der Waals surface area contributed by atoms with Crippen LogP contribution >= 0.6 is 11.3 Å². The molecule has 0 saturated heterocycles. The van der Waals surface area contributed by atoms with Crippen molar-refractivity contribution in [1.82, 2.24) is 0 Å². The van der Waals surface area contributed by atoms with Crippen LogP contribution in [0.15, 0.2) is 249 Å². The Hall–Kier alpha value is -8.76. The molecule has 2 heterocycles. The average molecular weight is 908 g/mol. The highest BCUT2D eigenvalue weighted by atomic mass is 32.1. The molecule has 0 bridgehead atoms. The van der Waals surface area contributed by atoms with E-state index in [0.29, 0.717) is 0 Å². The van der Waals surface area contributed by atoms with Gasteiger partial charge in [-0.25, -0.2) is 0 Å². The minimum atomic E-state index is -0.552. The van der Waals surface area contributed by atoms with Crippen LogP contribution < -0.4 is 9.64 Å². The zero-order valence-electron chi connectivity index (χ0n) is 37.9. The van der Waals surface area contributed by atoms with Crippen molar-refractivity contribution in [2.45, 2.75) is 5.41 Å². The molecule has 1 aliphatic carbocycles. The summed E-state index contributed by atoms with van der Waals surface area (Å²) in [6.45, 7) is 0. The van der Waals surface area contributed by atoms with E-state index in [1.54, 1.807) is 0 Å². The lowest BCUT2D eigenvalue weighted by atomic mass is 9.66. The van der Waals surface area contributed by atoms with Crippen molar-refractivity contribution >= 4 is 80.9 Å². The average Bonchev–Trinajstić information content (AvgIpc) is 3.94. The first-order valence-electron chi connectivity index (χ1n) is 24.1. The van der Waals surface area contributed by atoms with Crippen LogP contribution in [0.2, 0.25) is 0 Å². The van der Waals surface area contributed by atoms with E-state index in [2.05, 4.69) is 254 Å². The summed E-state index contributed by atoms with van der Waals surface area (Å²) in [6, 6.07) is 91.7. The van der Waals surface area contributed by atoms with Gasteiger partial charge in [0.15, 0.2) is 0 Å². The fourth-order valence-corrected chi connectivity index (χ4v) is 13.2. The van der Waals surface area contributed by atoms with Gasteiger partial charge in [0.25, 0.3) is 0 Å². The van der Waals surface area contributed by atoms with Gasteiger partial charge in [0.2, 0.25) is 0 Å². The molecule has 0 N–H and O–H groups in total. The molecule has 0 radical (unpaired) electrons. The predicted molar refractivity (Wildman–Crippen MR) is 295 cm³/mol. The Morgan fingerprint density at radius 2 is 0.886 bits per heavy atom. The number of rotatable bonds is 5. The van der Waals surface area contributed by atoms with E-state index in [9.17, 15) is 0 Å². The lowest BCUT2D eigenvalue weighted by molar-refractivity contribution is 0.436. The van der Waals surface area contributed by atoms with E-state index in [-0.39, 0.29) is 0 Å². The summed E-state index contributed by atoms with van der Waals surface area (Å²) in [5.74, 6) is 1.73. The monoisotopic (exact) mass is 907 g/mol. The SMILES string of the molecule is c1ccc2c(c1)Oc1cc(N(c3ccc(-c4ccc5ccc6ccccc6c5c4)cc3)c3cc(-c4cccc5ccccc45)c4sc5ccccc5c4c3)ccc1C21c2ccccc2-c2ccccc21. The first-order chi connectivity index (χ1) is 34.7. The lowest BCUT2D eigenvalue weighted by Gasteiger charge is -2.40. The number of nitrogens with zero attached hydrogens (tertiary/aromatic N) is 1. The Balaban J connectivity index is 0.969. The fraction of sp³-hybridized carbons (Fsp3) is 0.0149. The van der Waals surface area contributed by atoms with Crippen molar-refractivity contribution in [2.24, 2.45) is 0 Å². The van der Waals surface area contributed by atoms with Gasteiger partial charge in [-0.05, 0) is 120 Å². The highest BCUT2D eigenvalue weighted by Gasteiger charge is 2.51. The van der Waals surface area contributed by atoms with Crippen LogP contribution in [0, 0.1) is 0 Å². The molecular formula is C67H41NOS. The number of benzene rings is 12. The normalized spacial score (nSPS) is 13.1. The third kappa shape index (κ3) is 5.67. The molecule has 1 aliphatic heterocycles. The maximum absolute atomic E-state index is 7.13. The number of para-hydroxylation sites is 1. The first-order valence-corrected chi connectivity index (χ1v) is 24.9. The quantitative estimate of drug-likeness (QED) is 0.160. The number of hydrogen-bond acceptors (Lipinski definition) is 3. The smallest absolute Gasteiger partial charge is 0.134 e. The molecule has 0 atom stereocenters. The second kappa shape index (κ2) is 15.1. The van der Waals surface area contributed by atoms with Gasteiger partial charge in [-0.3, -0.25) is 0 Å². The van der Waals surface area contributed by atoms with Crippen molar-refractivity contribution in [3.63, 3.8) is 0 Å². The molecule has 3 heteroatoms. The summed E-state index contributed by atoms with van der Waals surface area (Å²) in [4.78, 5) is 2.44. The van der Waals surface area contributed by atoms with Crippen molar-refractivity contribution in [3.05, 3.63) is 271 Å². The molecule has 0 unspecified atom stereocenters. The Morgan fingerprint density at radius 3 is 1.69 bits per heavy atom. The van der Waals surface area contributed by atoms with Crippen LogP contribution in [0.3, 0.4) is 0 Å². The molecule has 70 heavy (non-hydrogen) atoms. The van der Waals surface area contributed by atoms with Crippen molar-refractivity contribution in [1.29, 1.82) is 0 Å². The Kier molecular flexibility index (Phi) is 8.48. The Bertz CT molecular complexity index is 4240. The van der Waals surface area contributed by atoms with E-state index in [4.69, 9.17) is 4.74 Å². The number of ether oxygens (including phenoxy) is 1. The number of fused-ring (bicyclic) bond motifs is 16. The molecule has 12 aromatic carbocycles. The minimum absolute atomic E-state index is 0.552. The summed E-state index contributed by atoms with van der Waals surface area (Å²) in [5, 5.41) is 10.00. The number of hydrogen-bond donors (Lipinski definition) is 0. The third-order valence-corrected chi connectivity index (χ3v) is 16.3. The molecule has 0 saturated carbocycles. The van der Waals surface area contributed by atoms with E-state index < -0.39 is 5.41 Å². The van der Waals surface area contributed by atoms with Gasteiger partial charge in [0.1, 0.15) is 11.5 Å². The summed E-state index contributed by atoms with van der Waals surface area (Å²) < 4.78 is 9.69. The van der Waals surface area contributed by atoms with Crippen LogP contribution in [0.25, 0.3) is 85.9 Å². The van der Waals surface area contributed by atoms with Crippen LogP contribution in [-0.2, 0) is 5.41 Å². The second-order valence-electron chi connectivity index (χ2n) is 18.7. The molecule has 2 aliphatic rings. The highest BCUT2D eigenvalue weighted by molar-refractivity contribution is 7.26. The summed E-state index contributed by atoms with van der Waals surface area (Å²) in [6.07, 6.45) is 0. The molecule has 1 spiro atoms. The standard InChI is InChI=1S/C67H41NOS/c1-3-17-50-43(14-1)16-13-22-52(50)57-39-49(40-58-55-21-7-12-27-65(55)70-66(57)58)68(47-34-32-42(33-35-47)46-31-30-45-29-28-44-15-2-4-18-51(44)56(45)38-46)48-36-37-62-64(41-48)69-63-26-11-10-25-61(63)67(62)59-23-8-5-19-53(59)54-20-6-9-24-60(54)67/h1-41H. The Morgan fingerprint density at radius 1 is 0.314 bits per heavy atom. The van der Waals surface area contributed by atoms with Gasteiger partial charge in [-0.1, -0.05) is 194 Å².